The summed E-state index contributed by atoms with van der Waals surface area (Å²) in [7, 11) is 0. The van der Waals surface area contributed by atoms with Crippen molar-refractivity contribution in [3.8, 4) is 5.75 Å². The third-order valence-corrected chi connectivity index (χ3v) is 6.24. The summed E-state index contributed by atoms with van der Waals surface area (Å²) in [5.74, 6) is -2.48. The van der Waals surface area contributed by atoms with Gasteiger partial charge in [-0.05, 0) is 71.0 Å². The van der Waals surface area contributed by atoms with Gasteiger partial charge < -0.3 is 25.8 Å². The van der Waals surface area contributed by atoms with E-state index >= 15 is 0 Å². The second kappa shape index (κ2) is 12.1. The fraction of sp³-hybridized carbons (Fsp3) is 0.385. The molecule has 1 heterocycles. The maximum absolute atomic E-state index is 13.7. The molecule has 4 N–H and O–H groups in total. The Morgan fingerprint density at radius 3 is 2.32 bits per heavy atom. The van der Waals surface area contributed by atoms with E-state index in [0.717, 1.165) is 6.07 Å². The lowest BCUT2D eigenvalue weighted by Crippen LogP contribution is -2.57. The Balaban J connectivity index is 0.00000507. The number of carbonyl (C=O) groups excluding carboxylic acids is 4. The fourth-order valence-electron chi connectivity index (χ4n) is 3.87. The van der Waals surface area contributed by atoms with Gasteiger partial charge in [0, 0.05) is 16.7 Å². The lowest BCUT2D eigenvalue weighted by molar-refractivity contribution is -0.168. The number of benzene rings is 2. The van der Waals surface area contributed by atoms with Gasteiger partial charge in [0.2, 0.25) is 5.91 Å². The number of Topliss-reactive ketones (excluding diaryl/α,β-unsaturated/α-hetero) is 1. The Labute approximate surface area is 231 Å². The molecule has 0 aromatic heterocycles. The number of halogens is 3. The van der Waals surface area contributed by atoms with Gasteiger partial charge in [-0.2, -0.15) is 0 Å². The largest absolute Gasteiger partial charge is 0.484 e. The molecule has 12 heteroatoms. The fourth-order valence-corrected chi connectivity index (χ4v) is 4.05. The molecule has 1 aliphatic rings. The summed E-state index contributed by atoms with van der Waals surface area (Å²) in [5.41, 5.74) is 5.24. The number of nitrogens with one attached hydrogen (secondary N) is 2. The Morgan fingerprint density at radius 2 is 1.74 bits per heavy atom. The van der Waals surface area contributed by atoms with E-state index in [1.54, 1.807) is 32.0 Å². The molecule has 1 aliphatic heterocycles. The normalized spacial score (nSPS) is 18.9. The van der Waals surface area contributed by atoms with Gasteiger partial charge >= 0.3 is 5.97 Å². The second-order valence-electron chi connectivity index (χ2n) is 9.47. The van der Waals surface area contributed by atoms with Crippen molar-refractivity contribution in [3.05, 3.63) is 63.9 Å². The first-order chi connectivity index (χ1) is 17.2. The first-order valence-electron chi connectivity index (χ1n) is 11.6. The highest BCUT2D eigenvalue weighted by molar-refractivity contribution is 6.31. The highest BCUT2D eigenvalue weighted by Gasteiger charge is 2.48. The summed E-state index contributed by atoms with van der Waals surface area (Å²) in [4.78, 5) is 50.2. The molecule has 0 radical (unpaired) electrons. The average molecular weight is 570 g/mol. The van der Waals surface area contributed by atoms with Crippen LogP contribution < -0.4 is 21.1 Å². The average Bonchev–Trinajstić information content (AvgIpc) is 2.81. The van der Waals surface area contributed by atoms with Crippen LogP contribution in [0.1, 0.15) is 66.9 Å². The van der Waals surface area contributed by atoms with Crippen LogP contribution in [0.15, 0.2) is 36.4 Å². The van der Waals surface area contributed by atoms with E-state index in [9.17, 15) is 23.6 Å². The van der Waals surface area contributed by atoms with Crippen LogP contribution in [-0.4, -0.2) is 47.4 Å². The van der Waals surface area contributed by atoms with Crippen LogP contribution in [0, 0.1) is 5.82 Å². The molecule has 2 aromatic rings. The maximum Gasteiger partial charge on any atom is 0.328 e. The number of hydrogen-bond acceptors (Lipinski definition) is 7. The van der Waals surface area contributed by atoms with Gasteiger partial charge in [-0.3, -0.25) is 14.4 Å². The van der Waals surface area contributed by atoms with Crippen LogP contribution >= 0.6 is 24.0 Å². The standard InChI is InChI=1S/C26H29ClFN3O6.ClH/c1-12(29)23(33)30-13(2)25(35)36-22-21(31-24(34)16-6-8-19(28)18(27)11-16)17-10-15(14(3)32)7-9-20(17)37-26(22,4)5;/h6-13,21-22H,29H2,1-5H3,(H,30,33)(H,31,34);1H/t12-,13-,21-,22-;/m0./s1. The minimum absolute atomic E-state index is 0. The molecule has 0 bridgehead atoms. The first kappa shape index (κ1) is 31.0. The van der Waals surface area contributed by atoms with Crippen LogP contribution in [0.3, 0.4) is 0 Å². The van der Waals surface area contributed by atoms with Crippen LogP contribution in [-0.2, 0) is 14.3 Å². The highest BCUT2D eigenvalue weighted by Crippen LogP contribution is 2.42. The van der Waals surface area contributed by atoms with E-state index in [2.05, 4.69) is 10.6 Å². The molecule has 2 aromatic carbocycles. The molecule has 38 heavy (non-hydrogen) atoms. The lowest BCUT2D eigenvalue weighted by atomic mass is 9.85. The maximum atomic E-state index is 13.7. The molecule has 0 saturated carbocycles. The molecule has 9 nitrogen and oxygen atoms in total. The summed E-state index contributed by atoms with van der Waals surface area (Å²) in [5, 5.41) is 5.05. The monoisotopic (exact) mass is 569 g/mol. The smallest absolute Gasteiger partial charge is 0.328 e. The molecular formula is C26H30Cl2FN3O6. The predicted molar refractivity (Wildman–Crippen MR) is 141 cm³/mol. The molecular weight excluding hydrogens is 540 g/mol. The second-order valence-corrected chi connectivity index (χ2v) is 9.88. The van der Waals surface area contributed by atoms with Gasteiger partial charge in [0.25, 0.3) is 5.91 Å². The van der Waals surface area contributed by atoms with Gasteiger partial charge in [0.15, 0.2) is 11.9 Å². The SMILES string of the molecule is CC(=O)c1ccc2c(c1)[C@H](NC(=O)c1ccc(F)c(Cl)c1)[C@H](OC(=O)[C@H](C)NC(=O)[C@H](C)N)C(C)(C)O2.Cl. The van der Waals surface area contributed by atoms with Crippen molar-refractivity contribution < 1.29 is 33.0 Å². The zero-order valence-electron chi connectivity index (χ0n) is 21.5. The number of amides is 2. The first-order valence-corrected chi connectivity index (χ1v) is 11.9. The Bertz CT molecular complexity index is 1250. The summed E-state index contributed by atoms with van der Waals surface area (Å²) >= 11 is 5.85. The number of hydrogen-bond donors (Lipinski definition) is 3. The zero-order valence-corrected chi connectivity index (χ0v) is 23.0. The van der Waals surface area contributed by atoms with Crippen molar-refractivity contribution in [2.24, 2.45) is 5.73 Å². The molecule has 0 unspecified atom stereocenters. The van der Waals surface area contributed by atoms with E-state index in [-0.39, 0.29) is 28.8 Å². The van der Waals surface area contributed by atoms with Crippen LogP contribution in [0.2, 0.25) is 5.02 Å². The van der Waals surface area contributed by atoms with E-state index in [1.165, 1.54) is 32.9 Å². The van der Waals surface area contributed by atoms with Crippen LogP contribution in [0.4, 0.5) is 4.39 Å². The Hall–Kier alpha value is -3.21. The molecule has 206 valence electrons. The van der Waals surface area contributed by atoms with Crippen molar-refractivity contribution in [1.29, 1.82) is 0 Å². The highest BCUT2D eigenvalue weighted by atomic mass is 35.5. The number of nitrogens with two attached hydrogens (primary N) is 1. The van der Waals surface area contributed by atoms with Crippen molar-refractivity contribution >= 4 is 47.6 Å². The van der Waals surface area contributed by atoms with E-state index in [4.69, 9.17) is 26.8 Å². The third kappa shape index (κ3) is 6.80. The van der Waals surface area contributed by atoms with Gasteiger partial charge in [0.05, 0.1) is 17.1 Å². The summed E-state index contributed by atoms with van der Waals surface area (Å²) < 4.78 is 25.5. The Morgan fingerprint density at radius 1 is 1.11 bits per heavy atom. The summed E-state index contributed by atoms with van der Waals surface area (Å²) in [6.07, 6.45) is -1.09. The third-order valence-electron chi connectivity index (χ3n) is 5.95. The lowest BCUT2D eigenvalue weighted by Gasteiger charge is -2.44. The number of carbonyl (C=O) groups is 4. The van der Waals surface area contributed by atoms with Crippen molar-refractivity contribution in [1.82, 2.24) is 10.6 Å². The molecule has 0 fully saturated rings. The number of rotatable bonds is 7. The minimum Gasteiger partial charge on any atom is -0.484 e. The number of ketones is 1. The molecule has 2 amide bonds. The van der Waals surface area contributed by atoms with E-state index in [0.29, 0.717) is 16.9 Å². The van der Waals surface area contributed by atoms with Crippen LogP contribution in [0.5, 0.6) is 5.75 Å². The van der Waals surface area contributed by atoms with E-state index in [1.807, 2.05) is 0 Å². The molecule has 3 rings (SSSR count). The van der Waals surface area contributed by atoms with Crippen molar-refractivity contribution in [3.63, 3.8) is 0 Å². The van der Waals surface area contributed by atoms with Gasteiger partial charge in [-0.1, -0.05) is 11.6 Å². The van der Waals surface area contributed by atoms with Crippen molar-refractivity contribution in [2.75, 3.05) is 0 Å². The van der Waals surface area contributed by atoms with E-state index < -0.39 is 53.4 Å². The zero-order chi connectivity index (χ0) is 27.7. The summed E-state index contributed by atoms with van der Waals surface area (Å²) in [6, 6.07) is 5.39. The Kier molecular flexibility index (Phi) is 9.88. The number of esters is 1. The predicted octanol–water partition coefficient (Wildman–Crippen LogP) is 3.51. The number of fused-ring (bicyclic) bond motifs is 1. The van der Waals surface area contributed by atoms with Crippen LogP contribution in [0.25, 0.3) is 0 Å². The van der Waals surface area contributed by atoms with Gasteiger partial charge in [-0.25, -0.2) is 9.18 Å². The van der Waals surface area contributed by atoms with Gasteiger partial charge in [-0.15, -0.1) is 12.4 Å². The van der Waals surface area contributed by atoms with Gasteiger partial charge in [0.1, 0.15) is 23.2 Å². The molecule has 4 atom stereocenters. The quantitative estimate of drug-likeness (QED) is 0.342. The topological polar surface area (TPSA) is 137 Å². The number of ether oxygens (including phenoxy) is 2. The molecule has 0 saturated heterocycles. The minimum atomic E-state index is -1.15. The molecule has 0 aliphatic carbocycles. The van der Waals surface area contributed by atoms with Crippen molar-refractivity contribution in [2.45, 2.75) is 64.4 Å². The summed E-state index contributed by atoms with van der Waals surface area (Å²) in [6.45, 7) is 7.65. The molecule has 0 spiro atoms.